The SMILES string of the molecule is N#C/C(=C/c1ccc(Cl)cc1)c1nc(-c2ccc(Cl)cc2)cs1. The van der Waals surface area contributed by atoms with Gasteiger partial charge in [0.25, 0.3) is 0 Å². The van der Waals surface area contributed by atoms with Crippen LogP contribution in [-0.4, -0.2) is 4.98 Å². The van der Waals surface area contributed by atoms with Gasteiger partial charge in [-0.3, -0.25) is 0 Å². The van der Waals surface area contributed by atoms with Gasteiger partial charge in [-0.05, 0) is 35.9 Å². The molecule has 3 rings (SSSR count). The lowest BCUT2D eigenvalue weighted by atomic mass is 10.1. The molecule has 0 fully saturated rings. The first-order valence-corrected chi connectivity index (χ1v) is 8.38. The molecule has 0 radical (unpaired) electrons. The molecule has 0 aliphatic heterocycles. The van der Waals surface area contributed by atoms with Gasteiger partial charge < -0.3 is 0 Å². The first-order valence-electron chi connectivity index (χ1n) is 6.75. The molecular weight excluding hydrogens is 347 g/mol. The van der Waals surface area contributed by atoms with Crippen LogP contribution >= 0.6 is 34.5 Å². The first-order chi connectivity index (χ1) is 11.2. The minimum Gasteiger partial charge on any atom is -0.235 e. The predicted molar refractivity (Wildman–Crippen MR) is 97.5 cm³/mol. The maximum atomic E-state index is 9.42. The molecule has 0 unspecified atom stereocenters. The van der Waals surface area contributed by atoms with Gasteiger partial charge in [-0.25, -0.2) is 4.98 Å². The van der Waals surface area contributed by atoms with E-state index in [2.05, 4.69) is 11.1 Å². The summed E-state index contributed by atoms with van der Waals surface area (Å²) in [7, 11) is 0. The van der Waals surface area contributed by atoms with Gasteiger partial charge in [0.2, 0.25) is 0 Å². The third-order valence-electron chi connectivity index (χ3n) is 3.18. The van der Waals surface area contributed by atoms with E-state index in [4.69, 9.17) is 23.2 Å². The van der Waals surface area contributed by atoms with Crippen LogP contribution in [0, 0.1) is 11.3 Å². The number of allylic oxidation sites excluding steroid dienone is 1. The van der Waals surface area contributed by atoms with Crippen LogP contribution in [0.2, 0.25) is 10.0 Å². The fraction of sp³-hybridized carbons (Fsp3) is 0. The number of nitrogens with zero attached hydrogens (tertiary/aromatic N) is 2. The zero-order chi connectivity index (χ0) is 16.2. The highest BCUT2D eigenvalue weighted by atomic mass is 35.5. The maximum Gasteiger partial charge on any atom is 0.134 e. The summed E-state index contributed by atoms with van der Waals surface area (Å²) in [5.74, 6) is 0. The molecule has 1 heterocycles. The van der Waals surface area contributed by atoms with Crippen molar-refractivity contribution in [2.24, 2.45) is 0 Å². The van der Waals surface area contributed by atoms with Crippen molar-refractivity contribution in [1.29, 1.82) is 5.26 Å². The van der Waals surface area contributed by atoms with Crippen LogP contribution in [-0.2, 0) is 0 Å². The summed E-state index contributed by atoms with van der Waals surface area (Å²) in [6.07, 6.45) is 1.81. The lowest BCUT2D eigenvalue weighted by Gasteiger charge is -1.97. The fourth-order valence-electron chi connectivity index (χ4n) is 2.02. The topological polar surface area (TPSA) is 36.7 Å². The fourth-order valence-corrected chi connectivity index (χ4v) is 3.06. The number of hydrogen-bond acceptors (Lipinski definition) is 3. The van der Waals surface area contributed by atoms with Crippen LogP contribution in [0.1, 0.15) is 10.6 Å². The molecule has 5 heteroatoms. The van der Waals surface area contributed by atoms with Crippen molar-refractivity contribution in [2.45, 2.75) is 0 Å². The first kappa shape index (κ1) is 15.8. The average Bonchev–Trinajstić information content (AvgIpc) is 3.05. The van der Waals surface area contributed by atoms with Gasteiger partial charge in [-0.1, -0.05) is 47.5 Å². The quantitative estimate of drug-likeness (QED) is 0.525. The van der Waals surface area contributed by atoms with Crippen LogP contribution < -0.4 is 0 Å². The molecule has 0 aliphatic carbocycles. The smallest absolute Gasteiger partial charge is 0.134 e. The summed E-state index contributed by atoms with van der Waals surface area (Å²) in [5, 5.41) is 13.4. The highest BCUT2D eigenvalue weighted by molar-refractivity contribution is 7.11. The van der Waals surface area contributed by atoms with E-state index in [0.29, 0.717) is 20.6 Å². The monoisotopic (exact) mass is 356 g/mol. The second-order valence-corrected chi connectivity index (χ2v) is 6.50. The summed E-state index contributed by atoms with van der Waals surface area (Å²) in [6, 6.07) is 17.0. The Kier molecular flexibility index (Phi) is 4.78. The Morgan fingerprint density at radius 3 is 2.22 bits per heavy atom. The normalized spacial score (nSPS) is 11.3. The molecule has 23 heavy (non-hydrogen) atoms. The Morgan fingerprint density at radius 1 is 1.00 bits per heavy atom. The lowest BCUT2D eigenvalue weighted by molar-refractivity contribution is 1.37. The van der Waals surface area contributed by atoms with Crippen molar-refractivity contribution in [3.8, 4) is 17.3 Å². The van der Waals surface area contributed by atoms with Crippen LogP contribution in [0.25, 0.3) is 22.9 Å². The number of hydrogen-bond donors (Lipinski definition) is 0. The molecule has 1 aromatic heterocycles. The summed E-state index contributed by atoms with van der Waals surface area (Å²) in [4.78, 5) is 4.55. The van der Waals surface area contributed by atoms with Crippen molar-refractivity contribution in [2.75, 3.05) is 0 Å². The van der Waals surface area contributed by atoms with Crippen LogP contribution in [0.4, 0.5) is 0 Å². The van der Waals surface area contributed by atoms with Gasteiger partial charge in [0, 0.05) is 21.0 Å². The van der Waals surface area contributed by atoms with E-state index in [1.54, 1.807) is 18.2 Å². The molecule has 0 atom stereocenters. The Bertz CT molecular complexity index is 888. The van der Waals surface area contributed by atoms with Crippen LogP contribution in [0.3, 0.4) is 0 Å². The minimum absolute atomic E-state index is 0.525. The molecule has 0 N–H and O–H groups in total. The molecule has 0 amide bonds. The molecular formula is C18H10Cl2N2S. The second-order valence-electron chi connectivity index (χ2n) is 4.77. The molecule has 0 spiro atoms. The van der Waals surface area contributed by atoms with Crippen molar-refractivity contribution in [3.63, 3.8) is 0 Å². The molecule has 0 bridgehead atoms. The predicted octanol–water partition coefficient (Wildman–Crippen LogP) is 6.18. The van der Waals surface area contributed by atoms with Crippen LogP contribution in [0.5, 0.6) is 0 Å². The highest BCUT2D eigenvalue weighted by Crippen LogP contribution is 2.28. The zero-order valence-corrected chi connectivity index (χ0v) is 14.2. The van der Waals surface area contributed by atoms with E-state index in [0.717, 1.165) is 16.8 Å². The third-order valence-corrected chi connectivity index (χ3v) is 4.56. The molecule has 0 aliphatic rings. The molecule has 112 valence electrons. The largest absolute Gasteiger partial charge is 0.235 e. The number of benzene rings is 2. The zero-order valence-electron chi connectivity index (χ0n) is 11.8. The molecule has 0 saturated carbocycles. The van der Waals surface area contributed by atoms with E-state index in [1.807, 2.05) is 41.8 Å². The number of halogens is 2. The van der Waals surface area contributed by atoms with Gasteiger partial charge in [-0.2, -0.15) is 5.26 Å². The van der Waals surface area contributed by atoms with Crippen molar-refractivity contribution < 1.29 is 0 Å². The van der Waals surface area contributed by atoms with E-state index in [9.17, 15) is 5.26 Å². The Balaban J connectivity index is 1.92. The van der Waals surface area contributed by atoms with E-state index in [1.165, 1.54) is 11.3 Å². The van der Waals surface area contributed by atoms with Gasteiger partial charge in [0.15, 0.2) is 0 Å². The van der Waals surface area contributed by atoms with E-state index >= 15 is 0 Å². The number of thiazole rings is 1. The highest BCUT2D eigenvalue weighted by Gasteiger charge is 2.09. The van der Waals surface area contributed by atoms with Gasteiger partial charge in [-0.15, -0.1) is 11.3 Å². The van der Waals surface area contributed by atoms with E-state index in [-0.39, 0.29) is 0 Å². The summed E-state index contributed by atoms with van der Waals surface area (Å²) >= 11 is 13.2. The van der Waals surface area contributed by atoms with Gasteiger partial charge >= 0.3 is 0 Å². The van der Waals surface area contributed by atoms with Crippen molar-refractivity contribution in [3.05, 3.63) is 74.5 Å². The third kappa shape index (κ3) is 3.80. The Hall–Kier alpha value is -2.12. The average molecular weight is 357 g/mol. The molecule has 3 aromatic rings. The number of rotatable bonds is 3. The molecule has 0 saturated heterocycles. The minimum atomic E-state index is 0.525. The molecule has 2 nitrogen and oxygen atoms in total. The molecule has 2 aromatic carbocycles. The number of aromatic nitrogens is 1. The van der Waals surface area contributed by atoms with Crippen molar-refractivity contribution >= 4 is 46.2 Å². The summed E-state index contributed by atoms with van der Waals surface area (Å²) < 4.78 is 0. The second kappa shape index (κ2) is 6.97. The Labute approximate surface area is 148 Å². The standard InChI is InChI=1S/C18H10Cl2N2S/c19-15-5-1-12(2-6-15)9-14(10-21)18-22-17(11-23-18)13-3-7-16(20)8-4-13/h1-9,11H/b14-9-. The van der Waals surface area contributed by atoms with Crippen LogP contribution in [0.15, 0.2) is 53.9 Å². The summed E-state index contributed by atoms with van der Waals surface area (Å²) in [6.45, 7) is 0. The number of nitriles is 1. The van der Waals surface area contributed by atoms with Gasteiger partial charge in [0.1, 0.15) is 11.1 Å². The van der Waals surface area contributed by atoms with E-state index < -0.39 is 0 Å². The maximum absolute atomic E-state index is 9.42. The van der Waals surface area contributed by atoms with Gasteiger partial charge in [0.05, 0.1) is 11.3 Å². The van der Waals surface area contributed by atoms with Crippen molar-refractivity contribution in [1.82, 2.24) is 4.98 Å². The Morgan fingerprint density at radius 2 is 1.61 bits per heavy atom. The lowest BCUT2D eigenvalue weighted by Crippen LogP contribution is -1.83. The summed E-state index contributed by atoms with van der Waals surface area (Å²) in [5.41, 5.74) is 3.24.